The first kappa shape index (κ1) is 26.1. The second-order valence-electron chi connectivity index (χ2n) is 9.72. The second-order valence-corrected chi connectivity index (χ2v) is 11.0. The van der Waals surface area contributed by atoms with E-state index in [2.05, 4.69) is 41.5 Å². The summed E-state index contributed by atoms with van der Waals surface area (Å²) >= 11 is 7.48. The summed E-state index contributed by atoms with van der Waals surface area (Å²) < 4.78 is 0. The van der Waals surface area contributed by atoms with Crippen molar-refractivity contribution in [2.24, 2.45) is 0 Å². The van der Waals surface area contributed by atoms with Crippen LogP contribution in [-0.2, 0) is 11.2 Å². The number of benzene rings is 3. The number of likely N-dealkylation sites (tertiary alicyclic amines) is 1. The molecule has 0 saturated carbocycles. The minimum absolute atomic E-state index is 0.185. The highest BCUT2D eigenvalue weighted by molar-refractivity contribution is 7.10. The molecule has 7 heteroatoms. The van der Waals surface area contributed by atoms with Crippen LogP contribution in [0, 0.1) is 6.92 Å². The van der Waals surface area contributed by atoms with E-state index in [1.54, 1.807) is 0 Å². The number of para-hydroxylation sites is 1. The van der Waals surface area contributed by atoms with Crippen molar-refractivity contribution in [3.63, 3.8) is 0 Å². The van der Waals surface area contributed by atoms with Crippen molar-refractivity contribution in [2.75, 3.05) is 18.4 Å². The molecule has 0 aliphatic carbocycles. The molecule has 194 valence electrons. The number of carbonyl (C=O) groups is 2. The van der Waals surface area contributed by atoms with E-state index >= 15 is 0 Å². The third-order valence-electron chi connectivity index (χ3n) is 7.03. The first-order valence-corrected chi connectivity index (χ1v) is 14.2. The van der Waals surface area contributed by atoms with Gasteiger partial charge in [-0.05, 0) is 55.5 Å². The lowest BCUT2D eigenvalue weighted by atomic mass is 9.97. The Morgan fingerprint density at radius 3 is 2.45 bits per heavy atom. The smallest absolute Gasteiger partial charge is 0.275 e. The third-order valence-corrected chi connectivity index (χ3v) is 8.29. The summed E-state index contributed by atoms with van der Waals surface area (Å²) in [6, 6.07) is 23.8. The van der Waals surface area contributed by atoms with Gasteiger partial charge in [0.1, 0.15) is 5.69 Å². The van der Waals surface area contributed by atoms with Crippen LogP contribution in [0.3, 0.4) is 0 Å². The summed E-state index contributed by atoms with van der Waals surface area (Å²) in [4.78, 5) is 32.4. The van der Waals surface area contributed by atoms with Gasteiger partial charge in [0, 0.05) is 47.1 Å². The Morgan fingerprint density at radius 2 is 1.71 bits per heavy atom. The van der Waals surface area contributed by atoms with Gasteiger partial charge in [-0.25, -0.2) is 4.98 Å². The van der Waals surface area contributed by atoms with E-state index in [0.717, 1.165) is 53.3 Å². The average Bonchev–Trinajstić information content (AvgIpc) is 3.44. The lowest BCUT2D eigenvalue weighted by molar-refractivity contribution is -0.132. The molecule has 5 rings (SSSR count). The Morgan fingerprint density at radius 1 is 1.00 bits per heavy atom. The number of aromatic nitrogens is 1. The summed E-state index contributed by atoms with van der Waals surface area (Å²) in [7, 11) is 0. The third kappa shape index (κ3) is 6.32. The van der Waals surface area contributed by atoms with Crippen LogP contribution in [0.15, 0.2) is 78.2 Å². The van der Waals surface area contributed by atoms with E-state index < -0.39 is 0 Å². The molecule has 3 aromatic carbocycles. The Balaban J connectivity index is 1.16. The second kappa shape index (κ2) is 11.9. The number of nitrogens with one attached hydrogen (secondary N) is 1. The molecule has 4 aromatic rings. The summed E-state index contributed by atoms with van der Waals surface area (Å²) in [5, 5.41) is 6.56. The molecule has 0 bridgehead atoms. The Kier molecular flexibility index (Phi) is 8.20. The molecule has 1 aliphatic rings. The average molecular weight is 544 g/mol. The van der Waals surface area contributed by atoms with Gasteiger partial charge in [0.15, 0.2) is 0 Å². The van der Waals surface area contributed by atoms with Gasteiger partial charge in [-0.3, -0.25) is 9.59 Å². The molecule has 5 nitrogen and oxygen atoms in total. The van der Waals surface area contributed by atoms with E-state index in [1.807, 2.05) is 58.8 Å². The van der Waals surface area contributed by atoms with Crippen LogP contribution in [0.2, 0.25) is 5.02 Å². The summed E-state index contributed by atoms with van der Waals surface area (Å²) in [6.45, 7) is 3.49. The number of carbonyl (C=O) groups excluding carboxylic acids is 2. The maximum absolute atomic E-state index is 13.1. The van der Waals surface area contributed by atoms with Gasteiger partial charge in [0.2, 0.25) is 5.91 Å². The van der Waals surface area contributed by atoms with Crippen molar-refractivity contribution in [3.8, 4) is 11.1 Å². The van der Waals surface area contributed by atoms with Gasteiger partial charge < -0.3 is 10.2 Å². The standard InChI is InChI=1S/C31H30ClN3O2S/c1-21-6-11-23(12-7-21)26-4-2-3-5-27(26)33-30(37)28-20-38-31(34-28)24-16-18-35(19-17-24)29(36)15-10-22-8-13-25(32)14-9-22/h2-9,11-14,20,24H,10,15-19H2,1H3,(H,33,37). The lowest BCUT2D eigenvalue weighted by Gasteiger charge is -2.31. The molecular formula is C31H30ClN3O2S. The Labute approximate surface area is 232 Å². The fourth-order valence-corrected chi connectivity index (χ4v) is 5.88. The molecule has 0 atom stereocenters. The monoisotopic (exact) mass is 543 g/mol. The summed E-state index contributed by atoms with van der Waals surface area (Å²) in [5.74, 6) is 0.244. The normalized spacial score (nSPS) is 13.9. The van der Waals surface area contributed by atoms with Crippen LogP contribution in [-0.4, -0.2) is 34.8 Å². The first-order valence-electron chi connectivity index (χ1n) is 12.9. The highest BCUT2D eigenvalue weighted by Gasteiger charge is 2.26. The topological polar surface area (TPSA) is 62.3 Å². The lowest BCUT2D eigenvalue weighted by Crippen LogP contribution is -2.38. The van der Waals surface area contributed by atoms with Crippen LogP contribution < -0.4 is 5.32 Å². The van der Waals surface area contributed by atoms with Crippen molar-refractivity contribution in [1.29, 1.82) is 0 Å². The highest BCUT2D eigenvalue weighted by Crippen LogP contribution is 2.32. The molecule has 1 saturated heterocycles. The van der Waals surface area contributed by atoms with Gasteiger partial charge in [0.05, 0.1) is 5.01 Å². The maximum Gasteiger partial charge on any atom is 0.275 e. The van der Waals surface area contributed by atoms with Crippen molar-refractivity contribution in [1.82, 2.24) is 9.88 Å². The number of anilines is 1. The predicted octanol–water partition coefficient (Wildman–Crippen LogP) is 7.36. The summed E-state index contributed by atoms with van der Waals surface area (Å²) in [6.07, 6.45) is 2.93. The van der Waals surface area contributed by atoms with Crippen LogP contribution in [0.4, 0.5) is 5.69 Å². The van der Waals surface area contributed by atoms with Crippen LogP contribution in [0.5, 0.6) is 0 Å². The van der Waals surface area contributed by atoms with E-state index in [9.17, 15) is 9.59 Å². The van der Waals surface area contributed by atoms with Crippen molar-refractivity contribution in [2.45, 2.75) is 38.5 Å². The number of thiazole rings is 1. The van der Waals surface area contributed by atoms with Crippen molar-refractivity contribution in [3.05, 3.63) is 105 Å². The van der Waals surface area contributed by atoms with E-state index in [-0.39, 0.29) is 17.7 Å². The molecule has 0 spiro atoms. The molecule has 38 heavy (non-hydrogen) atoms. The Bertz CT molecular complexity index is 1410. The maximum atomic E-state index is 13.1. The molecule has 2 amide bonds. The van der Waals surface area contributed by atoms with Gasteiger partial charge in [-0.15, -0.1) is 11.3 Å². The highest BCUT2D eigenvalue weighted by atomic mass is 35.5. The zero-order chi connectivity index (χ0) is 26.5. The zero-order valence-corrected chi connectivity index (χ0v) is 22.9. The molecule has 1 aliphatic heterocycles. The first-order chi connectivity index (χ1) is 18.5. The Hall–Kier alpha value is -3.48. The number of nitrogens with zero attached hydrogens (tertiary/aromatic N) is 2. The molecule has 2 heterocycles. The van der Waals surface area contributed by atoms with Gasteiger partial charge in [-0.2, -0.15) is 0 Å². The molecule has 1 fully saturated rings. The number of amides is 2. The minimum Gasteiger partial charge on any atom is -0.343 e. The molecule has 0 unspecified atom stereocenters. The fourth-order valence-electron chi connectivity index (χ4n) is 4.78. The predicted molar refractivity (Wildman–Crippen MR) is 155 cm³/mol. The summed E-state index contributed by atoms with van der Waals surface area (Å²) in [5.41, 5.74) is 5.54. The van der Waals surface area contributed by atoms with E-state index in [4.69, 9.17) is 11.6 Å². The molecule has 1 aromatic heterocycles. The number of aryl methyl sites for hydroxylation is 2. The quantitative estimate of drug-likeness (QED) is 0.265. The van der Waals surface area contributed by atoms with Gasteiger partial charge in [0.25, 0.3) is 5.91 Å². The molecule has 1 N–H and O–H groups in total. The van der Waals surface area contributed by atoms with Crippen LogP contribution >= 0.6 is 22.9 Å². The van der Waals surface area contributed by atoms with Crippen molar-refractivity contribution >= 4 is 40.4 Å². The molecular weight excluding hydrogens is 514 g/mol. The number of hydrogen-bond donors (Lipinski definition) is 1. The minimum atomic E-state index is -0.207. The molecule has 0 radical (unpaired) electrons. The van der Waals surface area contributed by atoms with Crippen LogP contribution in [0.1, 0.15) is 51.8 Å². The number of rotatable bonds is 7. The van der Waals surface area contributed by atoms with Crippen molar-refractivity contribution < 1.29 is 9.59 Å². The van der Waals surface area contributed by atoms with Crippen LogP contribution in [0.25, 0.3) is 11.1 Å². The van der Waals surface area contributed by atoms with E-state index in [0.29, 0.717) is 23.6 Å². The number of halogens is 1. The van der Waals surface area contributed by atoms with E-state index in [1.165, 1.54) is 16.9 Å². The number of piperidine rings is 1. The van der Waals surface area contributed by atoms with Gasteiger partial charge >= 0.3 is 0 Å². The SMILES string of the molecule is Cc1ccc(-c2ccccc2NC(=O)c2csc(C3CCN(C(=O)CCc4ccc(Cl)cc4)CC3)n2)cc1. The van der Waals surface area contributed by atoms with Gasteiger partial charge in [-0.1, -0.05) is 71.8 Å². The fraction of sp³-hybridized carbons (Fsp3) is 0.258. The number of hydrogen-bond acceptors (Lipinski definition) is 4. The largest absolute Gasteiger partial charge is 0.343 e. The zero-order valence-electron chi connectivity index (χ0n) is 21.3.